The molecule has 0 radical (unpaired) electrons. The molecular weight excluding hydrogens is 220 g/mol. The summed E-state index contributed by atoms with van der Waals surface area (Å²) in [7, 11) is 0. The zero-order valence-corrected chi connectivity index (χ0v) is 10.4. The molecule has 0 saturated carbocycles. The summed E-state index contributed by atoms with van der Waals surface area (Å²) >= 11 is 1.58. The summed E-state index contributed by atoms with van der Waals surface area (Å²) in [5.74, 6) is -0.327. The van der Waals surface area contributed by atoms with Crippen molar-refractivity contribution in [2.75, 3.05) is 6.54 Å². The number of carbonyl (C=O) groups is 1. The molecule has 3 nitrogen and oxygen atoms in total. The minimum atomic E-state index is -0.572. The van der Waals surface area contributed by atoms with Gasteiger partial charge in [-0.3, -0.25) is 4.79 Å². The molecule has 0 spiro atoms. The highest BCUT2D eigenvalue weighted by atomic mass is 32.1. The average molecular weight is 236 g/mol. The summed E-state index contributed by atoms with van der Waals surface area (Å²) in [5, 5.41) is 13.7. The first kappa shape index (κ1) is 12.7. The van der Waals surface area contributed by atoms with Crippen LogP contribution in [0.3, 0.4) is 0 Å². The van der Waals surface area contributed by atoms with E-state index >= 15 is 0 Å². The Balaban J connectivity index is 2.48. The van der Waals surface area contributed by atoms with Crippen LogP contribution >= 0.6 is 11.3 Å². The standard InChI is InChI=1S/C12H16N2OS/c1-9(2)8-14-12(15)10(7-13)6-11-4-3-5-16-11/h3-5,9-10H,6,8H2,1-2H3,(H,14,15). The Morgan fingerprint density at radius 1 is 1.62 bits per heavy atom. The Labute approximate surface area is 100 Å². The van der Waals surface area contributed by atoms with E-state index in [9.17, 15) is 4.79 Å². The highest BCUT2D eigenvalue weighted by Gasteiger charge is 2.18. The van der Waals surface area contributed by atoms with Crippen molar-refractivity contribution >= 4 is 17.2 Å². The molecule has 0 bridgehead atoms. The number of thiophene rings is 1. The van der Waals surface area contributed by atoms with E-state index in [2.05, 4.69) is 11.4 Å². The Morgan fingerprint density at radius 3 is 2.88 bits per heavy atom. The first-order chi connectivity index (χ1) is 7.63. The maximum absolute atomic E-state index is 11.7. The fourth-order valence-corrected chi connectivity index (χ4v) is 2.01. The lowest BCUT2D eigenvalue weighted by Crippen LogP contribution is -2.33. The minimum absolute atomic E-state index is 0.162. The molecular formula is C12H16N2OS. The van der Waals surface area contributed by atoms with Crippen molar-refractivity contribution in [3.8, 4) is 6.07 Å². The third-order valence-electron chi connectivity index (χ3n) is 2.14. The van der Waals surface area contributed by atoms with Crippen molar-refractivity contribution in [3.05, 3.63) is 22.4 Å². The average Bonchev–Trinajstić information content (AvgIpc) is 2.75. The summed E-state index contributed by atoms with van der Waals surface area (Å²) < 4.78 is 0. The Hall–Kier alpha value is -1.34. The normalized spacial score (nSPS) is 12.1. The second kappa shape index (κ2) is 6.29. The van der Waals surface area contributed by atoms with Gasteiger partial charge in [0.15, 0.2) is 0 Å². The van der Waals surface area contributed by atoms with Crippen LogP contribution in [0.4, 0.5) is 0 Å². The molecule has 1 unspecified atom stereocenters. The van der Waals surface area contributed by atoms with Crippen LogP contribution in [-0.4, -0.2) is 12.5 Å². The van der Waals surface area contributed by atoms with Crippen LogP contribution in [0.15, 0.2) is 17.5 Å². The first-order valence-electron chi connectivity index (χ1n) is 5.33. The lowest BCUT2D eigenvalue weighted by Gasteiger charge is -2.10. The molecule has 0 aliphatic heterocycles. The van der Waals surface area contributed by atoms with E-state index in [4.69, 9.17) is 5.26 Å². The molecule has 86 valence electrons. The van der Waals surface area contributed by atoms with Crippen LogP contribution in [0.1, 0.15) is 18.7 Å². The van der Waals surface area contributed by atoms with E-state index in [1.807, 2.05) is 31.4 Å². The number of nitrogens with zero attached hydrogens (tertiary/aromatic N) is 1. The van der Waals surface area contributed by atoms with E-state index in [-0.39, 0.29) is 5.91 Å². The first-order valence-corrected chi connectivity index (χ1v) is 6.21. The number of nitriles is 1. The van der Waals surface area contributed by atoms with Gasteiger partial charge in [-0.05, 0) is 17.4 Å². The predicted molar refractivity (Wildman–Crippen MR) is 65.0 cm³/mol. The van der Waals surface area contributed by atoms with Gasteiger partial charge in [0, 0.05) is 17.8 Å². The summed E-state index contributed by atoms with van der Waals surface area (Å²) in [6.45, 7) is 4.68. The maximum atomic E-state index is 11.7. The smallest absolute Gasteiger partial charge is 0.237 e. The Kier molecular flexibility index (Phi) is 5.00. The molecule has 1 heterocycles. The van der Waals surface area contributed by atoms with Gasteiger partial charge in [0.25, 0.3) is 0 Å². The van der Waals surface area contributed by atoms with Gasteiger partial charge in [-0.25, -0.2) is 0 Å². The van der Waals surface area contributed by atoms with Crippen LogP contribution in [0, 0.1) is 23.2 Å². The number of hydrogen-bond acceptors (Lipinski definition) is 3. The van der Waals surface area contributed by atoms with Crippen LogP contribution in [0.2, 0.25) is 0 Å². The monoisotopic (exact) mass is 236 g/mol. The highest BCUT2D eigenvalue weighted by Crippen LogP contribution is 2.14. The SMILES string of the molecule is CC(C)CNC(=O)C(C#N)Cc1cccs1. The number of nitrogens with one attached hydrogen (secondary N) is 1. The van der Waals surface area contributed by atoms with E-state index in [1.54, 1.807) is 11.3 Å². The van der Waals surface area contributed by atoms with E-state index < -0.39 is 5.92 Å². The lowest BCUT2D eigenvalue weighted by atomic mass is 10.1. The summed E-state index contributed by atoms with van der Waals surface area (Å²) in [4.78, 5) is 12.8. The number of amides is 1. The second-order valence-electron chi connectivity index (χ2n) is 4.10. The van der Waals surface area contributed by atoms with Crippen LogP contribution in [0.5, 0.6) is 0 Å². The van der Waals surface area contributed by atoms with Gasteiger partial charge < -0.3 is 5.32 Å². The molecule has 0 fully saturated rings. The van der Waals surface area contributed by atoms with Crippen molar-refractivity contribution in [2.45, 2.75) is 20.3 Å². The van der Waals surface area contributed by atoms with Crippen molar-refractivity contribution in [1.29, 1.82) is 5.26 Å². The van der Waals surface area contributed by atoms with Crippen molar-refractivity contribution < 1.29 is 4.79 Å². The topological polar surface area (TPSA) is 52.9 Å². The molecule has 16 heavy (non-hydrogen) atoms. The molecule has 4 heteroatoms. The van der Waals surface area contributed by atoms with Crippen molar-refractivity contribution in [2.24, 2.45) is 11.8 Å². The highest BCUT2D eigenvalue weighted by molar-refractivity contribution is 7.09. The predicted octanol–water partition coefficient (Wildman–Crippen LogP) is 2.20. The van der Waals surface area contributed by atoms with Gasteiger partial charge in [0.1, 0.15) is 5.92 Å². The fourth-order valence-electron chi connectivity index (χ4n) is 1.25. The molecule has 1 rings (SSSR count). The molecule has 0 aliphatic rings. The van der Waals surface area contributed by atoms with Gasteiger partial charge in [-0.15, -0.1) is 11.3 Å². The largest absolute Gasteiger partial charge is 0.355 e. The molecule has 1 aromatic rings. The number of hydrogen-bond donors (Lipinski definition) is 1. The molecule has 1 aromatic heterocycles. The van der Waals surface area contributed by atoms with E-state index in [1.165, 1.54) is 0 Å². The van der Waals surface area contributed by atoms with Crippen LogP contribution in [-0.2, 0) is 11.2 Å². The van der Waals surface area contributed by atoms with E-state index in [0.29, 0.717) is 18.9 Å². The van der Waals surface area contributed by atoms with Gasteiger partial charge in [0.05, 0.1) is 6.07 Å². The van der Waals surface area contributed by atoms with Gasteiger partial charge in [-0.2, -0.15) is 5.26 Å². The number of rotatable bonds is 5. The lowest BCUT2D eigenvalue weighted by molar-refractivity contribution is -0.123. The van der Waals surface area contributed by atoms with Gasteiger partial charge in [-0.1, -0.05) is 19.9 Å². The summed E-state index contributed by atoms with van der Waals surface area (Å²) in [6, 6.07) is 5.94. The molecule has 0 aliphatic carbocycles. The van der Waals surface area contributed by atoms with Gasteiger partial charge >= 0.3 is 0 Å². The minimum Gasteiger partial charge on any atom is -0.355 e. The Bertz CT molecular complexity index is 365. The number of carbonyl (C=O) groups excluding carboxylic acids is 1. The third kappa shape index (κ3) is 4.03. The molecule has 0 saturated heterocycles. The zero-order valence-electron chi connectivity index (χ0n) is 9.56. The quantitative estimate of drug-likeness (QED) is 0.852. The second-order valence-corrected chi connectivity index (χ2v) is 5.14. The van der Waals surface area contributed by atoms with Crippen LogP contribution < -0.4 is 5.32 Å². The Morgan fingerprint density at radius 2 is 2.38 bits per heavy atom. The zero-order chi connectivity index (χ0) is 12.0. The maximum Gasteiger partial charge on any atom is 0.237 e. The van der Waals surface area contributed by atoms with E-state index in [0.717, 1.165) is 4.88 Å². The van der Waals surface area contributed by atoms with Gasteiger partial charge in [0.2, 0.25) is 5.91 Å². The van der Waals surface area contributed by atoms with Crippen LogP contribution in [0.25, 0.3) is 0 Å². The molecule has 1 amide bonds. The van der Waals surface area contributed by atoms with Crippen molar-refractivity contribution in [1.82, 2.24) is 5.32 Å². The van der Waals surface area contributed by atoms with Crippen molar-refractivity contribution in [3.63, 3.8) is 0 Å². The molecule has 0 aromatic carbocycles. The summed E-state index contributed by atoms with van der Waals surface area (Å²) in [6.07, 6.45) is 0.512. The molecule has 1 N–H and O–H groups in total. The third-order valence-corrected chi connectivity index (χ3v) is 3.04. The summed E-state index contributed by atoms with van der Waals surface area (Å²) in [5.41, 5.74) is 0. The molecule has 1 atom stereocenters. The fraction of sp³-hybridized carbons (Fsp3) is 0.500.